The number of carbonyl (C=O) groups is 1. The van der Waals surface area contributed by atoms with Crippen LogP contribution in [-0.4, -0.2) is 54.8 Å². The zero-order chi connectivity index (χ0) is 16.2. The van der Waals surface area contributed by atoms with Gasteiger partial charge in [0.25, 0.3) is 0 Å². The number of aryl methyl sites for hydroxylation is 2. The average Bonchev–Trinajstić information content (AvgIpc) is 2.83. The molecule has 1 aliphatic rings. The minimum absolute atomic E-state index is 0.0382. The molecule has 1 aromatic heterocycles. The van der Waals surface area contributed by atoms with Crippen LogP contribution in [0, 0.1) is 6.92 Å². The Hall–Kier alpha value is -1.48. The molecule has 0 radical (unpaired) electrons. The molecule has 0 unspecified atom stereocenters. The van der Waals surface area contributed by atoms with Gasteiger partial charge in [-0.3, -0.25) is 4.79 Å². The third-order valence-corrected chi connectivity index (χ3v) is 4.27. The molecule has 0 saturated carbocycles. The van der Waals surface area contributed by atoms with E-state index in [2.05, 4.69) is 14.9 Å². The standard InChI is InChI=1S/C13H22N4O4S/c1-10-14-12(21-15-10)6-3-7-13(18)17-8-4-5-11(9-17)16-22(2,19)20/h11,16H,3-9H2,1-2H3/t11-/m0/s1. The van der Waals surface area contributed by atoms with Crippen LogP contribution in [0.5, 0.6) is 0 Å². The first-order valence-corrected chi connectivity index (χ1v) is 9.27. The molecule has 1 aliphatic heterocycles. The summed E-state index contributed by atoms with van der Waals surface area (Å²) in [5, 5.41) is 3.70. The topological polar surface area (TPSA) is 105 Å². The highest BCUT2D eigenvalue weighted by Crippen LogP contribution is 2.13. The number of nitrogens with zero attached hydrogens (tertiary/aromatic N) is 3. The minimum Gasteiger partial charge on any atom is -0.341 e. The van der Waals surface area contributed by atoms with Crippen molar-refractivity contribution in [1.29, 1.82) is 0 Å². The van der Waals surface area contributed by atoms with Gasteiger partial charge in [-0.05, 0) is 26.2 Å². The van der Waals surface area contributed by atoms with Crippen LogP contribution in [0.3, 0.4) is 0 Å². The number of piperidine rings is 1. The lowest BCUT2D eigenvalue weighted by atomic mass is 10.1. The van der Waals surface area contributed by atoms with Crippen molar-refractivity contribution in [2.24, 2.45) is 0 Å². The van der Waals surface area contributed by atoms with Crippen LogP contribution in [0.4, 0.5) is 0 Å². The van der Waals surface area contributed by atoms with Gasteiger partial charge >= 0.3 is 0 Å². The molecule has 0 aliphatic carbocycles. The number of rotatable bonds is 6. The Morgan fingerprint density at radius 1 is 1.50 bits per heavy atom. The molecule has 1 fully saturated rings. The predicted molar refractivity (Wildman–Crippen MR) is 79.6 cm³/mol. The van der Waals surface area contributed by atoms with E-state index in [-0.39, 0.29) is 11.9 Å². The second-order valence-corrected chi connectivity index (χ2v) is 7.44. The number of amides is 1. The molecule has 0 bridgehead atoms. The highest BCUT2D eigenvalue weighted by molar-refractivity contribution is 7.88. The van der Waals surface area contributed by atoms with Gasteiger partial charge in [0.2, 0.25) is 21.8 Å². The maximum absolute atomic E-state index is 12.2. The third kappa shape index (κ3) is 5.38. The number of sulfonamides is 1. The zero-order valence-corrected chi connectivity index (χ0v) is 13.7. The van der Waals surface area contributed by atoms with Crippen molar-refractivity contribution in [2.45, 2.75) is 45.1 Å². The SMILES string of the molecule is Cc1noc(CCCC(=O)N2CCC[C@H](NS(C)(=O)=O)C2)n1. The lowest BCUT2D eigenvalue weighted by Crippen LogP contribution is -2.49. The van der Waals surface area contributed by atoms with E-state index in [4.69, 9.17) is 4.52 Å². The number of hydrogen-bond acceptors (Lipinski definition) is 6. The highest BCUT2D eigenvalue weighted by atomic mass is 32.2. The van der Waals surface area contributed by atoms with E-state index >= 15 is 0 Å². The van der Waals surface area contributed by atoms with Crippen LogP contribution in [0.15, 0.2) is 4.52 Å². The lowest BCUT2D eigenvalue weighted by Gasteiger charge is -2.32. The van der Waals surface area contributed by atoms with Crippen molar-refractivity contribution in [2.75, 3.05) is 19.3 Å². The Balaban J connectivity index is 1.76. The maximum atomic E-state index is 12.2. The van der Waals surface area contributed by atoms with E-state index in [0.29, 0.717) is 44.1 Å². The molecule has 8 nitrogen and oxygen atoms in total. The van der Waals surface area contributed by atoms with Crippen LogP contribution in [0.2, 0.25) is 0 Å². The number of likely N-dealkylation sites (tertiary alicyclic amines) is 1. The molecule has 22 heavy (non-hydrogen) atoms. The van der Waals surface area contributed by atoms with Crippen LogP contribution in [0.25, 0.3) is 0 Å². The molecule has 1 amide bonds. The van der Waals surface area contributed by atoms with E-state index in [1.807, 2.05) is 0 Å². The Kier molecular flexibility index (Phi) is 5.52. The molecule has 2 heterocycles. The number of nitrogens with one attached hydrogen (secondary N) is 1. The Morgan fingerprint density at radius 2 is 2.27 bits per heavy atom. The summed E-state index contributed by atoms with van der Waals surface area (Å²) in [6.45, 7) is 2.87. The summed E-state index contributed by atoms with van der Waals surface area (Å²) in [6, 6.07) is -0.189. The normalized spacial score (nSPS) is 19.4. The summed E-state index contributed by atoms with van der Waals surface area (Å²) in [5.74, 6) is 1.17. The highest BCUT2D eigenvalue weighted by Gasteiger charge is 2.25. The molecule has 0 aromatic carbocycles. The summed E-state index contributed by atoms with van der Waals surface area (Å²) >= 11 is 0. The molecule has 9 heteroatoms. The van der Waals surface area contributed by atoms with E-state index in [1.165, 1.54) is 0 Å². The van der Waals surface area contributed by atoms with E-state index in [0.717, 1.165) is 19.1 Å². The third-order valence-electron chi connectivity index (χ3n) is 3.51. The second kappa shape index (κ2) is 7.19. The molecule has 1 saturated heterocycles. The Morgan fingerprint density at radius 3 is 2.91 bits per heavy atom. The van der Waals surface area contributed by atoms with Gasteiger partial charge in [-0.15, -0.1) is 0 Å². The second-order valence-electron chi connectivity index (χ2n) is 5.66. The van der Waals surface area contributed by atoms with Gasteiger partial charge in [-0.1, -0.05) is 5.16 Å². The maximum Gasteiger partial charge on any atom is 0.226 e. The molecular formula is C13H22N4O4S. The van der Waals surface area contributed by atoms with Crippen molar-refractivity contribution in [1.82, 2.24) is 19.8 Å². The molecule has 124 valence electrons. The van der Waals surface area contributed by atoms with Crippen molar-refractivity contribution in [3.05, 3.63) is 11.7 Å². The van der Waals surface area contributed by atoms with Gasteiger partial charge in [0.15, 0.2) is 5.82 Å². The Bertz CT molecular complexity index is 613. The summed E-state index contributed by atoms with van der Waals surface area (Å²) in [7, 11) is -3.24. The monoisotopic (exact) mass is 330 g/mol. The van der Waals surface area contributed by atoms with Crippen molar-refractivity contribution in [3.8, 4) is 0 Å². The molecule has 1 atom stereocenters. The number of carbonyl (C=O) groups excluding carboxylic acids is 1. The molecule has 1 aromatic rings. The van der Waals surface area contributed by atoms with Crippen LogP contribution in [-0.2, 0) is 21.2 Å². The van der Waals surface area contributed by atoms with Crippen molar-refractivity contribution in [3.63, 3.8) is 0 Å². The molecule has 0 spiro atoms. The molecule has 2 rings (SSSR count). The largest absolute Gasteiger partial charge is 0.341 e. The van der Waals surface area contributed by atoms with E-state index in [1.54, 1.807) is 11.8 Å². The number of aromatic nitrogens is 2. The Labute approximate surface area is 130 Å². The first-order chi connectivity index (χ1) is 10.3. The smallest absolute Gasteiger partial charge is 0.226 e. The van der Waals surface area contributed by atoms with Crippen LogP contribution in [0.1, 0.15) is 37.4 Å². The summed E-state index contributed by atoms with van der Waals surface area (Å²) in [6.07, 6.45) is 4.32. The van der Waals surface area contributed by atoms with Crippen LogP contribution >= 0.6 is 0 Å². The first-order valence-electron chi connectivity index (χ1n) is 7.38. The van der Waals surface area contributed by atoms with Crippen molar-refractivity contribution < 1.29 is 17.7 Å². The predicted octanol–water partition coefficient (Wildman–Crippen LogP) is 0.241. The van der Waals surface area contributed by atoms with Crippen molar-refractivity contribution >= 4 is 15.9 Å². The summed E-state index contributed by atoms with van der Waals surface area (Å²) < 4.78 is 30.1. The first kappa shape index (κ1) is 16.9. The summed E-state index contributed by atoms with van der Waals surface area (Å²) in [4.78, 5) is 18.0. The fraction of sp³-hybridized carbons (Fsp3) is 0.769. The van der Waals surface area contributed by atoms with Gasteiger partial charge in [-0.25, -0.2) is 13.1 Å². The van der Waals surface area contributed by atoms with Gasteiger partial charge in [0.1, 0.15) is 0 Å². The van der Waals surface area contributed by atoms with Gasteiger partial charge in [0, 0.05) is 32.0 Å². The van der Waals surface area contributed by atoms with E-state index in [9.17, 15) is 13.2 Å². The fourth-order valence-corrected chi connectivity index (χ4v) is 3.39. The lowest BCUT2D eigenvalue weighted by molar-refractivity contribution is -0.132. The van der Waals surface area contributed by atoms with Crippen LogP contribution < -0.4 is 4.72 Å². The quantitative estimate of drug-likeness (QED) is 0.801. The average molecular weight is 330 g/mol. The summed E-state index contributed by atoms with van der Waals surface area (Å²) in [5.41, 5.74) is 0. The minimum atomic E-state index is -3.24. The number of hydrogen-bond donors (Lipinski definition) is 1. The van der Waals surface area contributed by atoms with Gasteiger partial charge in [-0.2, -0.15) is 4.98 Å². The zero-order valence-electron chi connectivity index (χ0n) is 12.9. The molecule has 1 N–H and O–H groups in total. The van der Waals surface area contributed by atoms with Gasteiger partial charge < -0.3 is 9.42 Å². The van der Waals surface area contributed by atoms with E-state index < -0.39 is 10.0 Å². The molecular weight excluding hydrogens is 308 g/mol. The fourth-order valence-electron chi connectivity index (χ4n) is 2.59. The van der Waals surface area contributed by atoms with Gasteiger partial charge in [0.05, 0.1) is 6.26 Å².